The Balaban J connectivity index is 0. The minimum atomic E-state index is 0. The Bertz CT molecular complexity index is 8.49. The van der Waals surface area contributed by atoms with Crippen LogP contribution in [0, 0.1) is 0 Å². The Kier molecular flexibility index (Phi) is 31400. The van der Waals surface area contributed by atoms with Crippen molar-refractivity contribution in [3.8, 4) is 0 Å². The van der Waals surface area contributed by atoms with E-state index in [9.17, 15) is 0 Å². The predicted octanol–water partition coefficient (Wildman–Crippen LogP) is -2.19. The molecule has 0 bridgehead atoms. The molecule has 1 radical (unpaired) electrons. The molecule has 0 rings (SSSR count). The fourth-order valence-electron chi connectivity index (χ4n) is 0. The summed E-state index contributed by atoms with van der Waals surface area (Å²) in [5.74, 6) is 0. The van der Waals surface area contributed by atoms with Gasteiger partial charge in [-0.1, -0.05) is 0 Å². The van der Waals surface area contributed by atoms with Gasteiger partial charge < -0.3 is 32.9 Å². The summed E-state index contributed by atoms with van der Waals surface area (Å²) in [6.07, 6.45) is 0. The molecule has 0 aromatic carbocycles. The van der Waals surface area contributed by atoms with Crippen molar-refractivity contribution >= 4 is 0 Å². The van der Waals surface area contributed by atoms with Crippen LogP contribution in [0.1, 0.15) is 0 Å². The molecule has 0 unspecified atom stereocenters. The summed E-state index contributed by atoms with van der Waals surface area (Å²) in [5.41, 5.74) is 0. The normalized spacial score (nSPS) is 0. The first-order valence-corrected chi connectivity index (χ1v) is 0. The van der Waals surface area contributed by atoms with E-state index in [1.165, 1.54) is 0 Å². The summed E-state index contributed by atoms with van der Waals surface area (Å²) in [5, 5.41) is 0. The van der Waals surface area contributed by atoms with Gasteiger partial charge in [-0.2, -0.15) is 0 Å². The second kappa shape index (κ2) is 413. The third-order valence-electron chi connectivity index (χ3n) is 0. The van der Waals surface area contributed by atoms with Crippen molar-refractivity contribution in [3.05, 3.63) is 0 Å². The van der Waals surface area contributed by atoms with Crippen LogP contribution in [0.4, 0.5) is 0 Å². The fourth-order valence-corrected chi connectivity index (χ4v) is 0. The number of hydrogen-bond acceptors (Lipinski definition) is 1. The first-order chi connectivity index (χ1) is 0. The molecule has 0 aromatic heterocycles. The van der Waals surface area contributed by atoms with Crippen molar-refractivity contribution in [1.29, 1.82) is 0 Å². The zero-order chi connectivity index (χ0) is 0. The molecule has 5 N–H and O–H groups in total. The van der Waals surface area contributed by atoms with Gasteiger partial charge in [0.1, 0.15) is 0 Å². The molecule has 0 saturated carbocycles. The summed E-state index contributed by atoms with van der Waals surface area (Å²) < 4.78 is 0. The van der Waals surface area contributed by atoms with Crippen LogP contribution < -0.4 is 0 Å². The number of hydrogen-bond donors (Lipinski definition) is 0. The van der Waals surface area contributed by atoms with Gasteiger partial charge in [-0.15, -0.1) is 0 Å². The van der Waals surface area contributed by atoms with Crippen molar-refractivity contribution in [2.75, 3.05) is 0 Å². The summed E-state index contributed by atoms with van der Waals surface area (Å²) in [4.78, 5) is 0. The van der Waals surface area contributed by atoms with Crippen molar-refractivity contribution in [1.82, 2.24) is 0 Å². The Hall–Kier alpha value is 0.968. The van der Waals surface area contributed by atoms with Crippen LogP contribution in [0.5, 0.6) is 0 Å². The topological polar surface area (TPSA) is 178 Å². The maximum atomic E-state index is 0. The summed E-state index contributed by atoms with van der Waals surface area (Å²) in [7, 11) is 0. The molecule has 0 aromatic rings. The van der Waals surface area contributed by atoms with E-state index >= 15 is 0 Å². The van der Waals surface area contributed by atoms with Crippen molar-refractivity contribution in [2.45, 2.75) is 0 Å². The molecule has 0 amide bonds. The molecule has 0 aliphatic carbocycles. The molecule has 8 heavy (non-hydrogen) atoms. The van der Waals surface area contributed by atoms with Crippen molar-refractivity contribution in [2.24, 2.45) is 0 Å². The molecule has 0 fully saturated rings. The molecule has 8 heteroatoms. The van der Waals surface area contributed by atoms with E-state index < -0.39 is 0 Å². The second-order valence-electron chi connectivity index (χ2n) is 0. The van der Waals surface area contributed by atoms with Gasteiger partial charge >= 0.3 is 19.5 Å². The molecule has 53 valence electrons. The van der Waals surface area contributed by atoms with Crippen LogP contribution in [-0.4, -0.2) is 16.4 Å². The average Bonchev–Trinajstić information content (AvgIpc) is 0. The third kappa shape index (κ3) is 265. The largest absolute Gasteiger partial charge is 2.00 e. The van der Waals surface area contributed by atoms with Gasteiger partial charge in [-0.25, -0.2) is 0 Å². The van der Waals surface area contributed by atoms with Gasteiger partial charge in [0.2, 0.25) is 0 Å². The van der Waals surface area contributed by atoms with Crippen molar-refractivity contribution in [3.63, 3.8) is 0 Å². The molecule has 0 aliphatic rings. The quantitative estimate of drug-likeness (QED) is 0.411. The van der Waals surface area contributed by atoms with E-state index in [1.807, 2.05) is 0 Å². The maximum absolute atomic E-state index is 0. The van der Waals surface area contributed by atoms with E-state index in [4.69, 9.17) is 0 Å². The van der Waals surface area contributed by atoms with Gasteiger partial charge in [0.05, 0.1) is 0 Å². The maximum Gasteiger partial charge on any atom is 2.00 e. The number of rotatable bonds is 0. The monoisotopic (exact) mass is 216 g/mol. The van der Waals surface area contributed by atoms with E-state index in [2.05, 4.69) is 0 Å². The Morgan fingerprint density at radius 2 is 0.625 bits per heavy atom. The third-order valence-corrected chi connectivity index (χ3v) is 0. The molecule has 0 spiro atoms. The molecule has 0 atom stereocenters. The average molecular weight is 217 g/mol. The summed E-state index contributed by atoms with van der Waals surface area (Å²) in [6, 6.07) is 0. The molecule has 0 saturated heterocycles. The summed E-state index contributed by atoms with van der Waals surface area (Å²) in [6.45, 7) is 0. The Labute approximate surface area is 71.1 Å². The van der Waals surface area contributed by atoms with E-state index in [0.29, 0.717) is 0 Å². The first kappa shape index (κ1) is 608. The smallest absolute Gasteiger partial charge is 2.00 e. The minimum Gasteiger partial charge on any atom is -2.00 e. The molecule has 0 heterocycles. The predicted molar refractivity (Wildman–Crippen MR) is 11.2 cm³/mol. The van der Waals surface area contributed by atoms with Crippen LogP contribution in [-0.2, 0) is 54.5 Å². The van der Waals surface area contributed by atoms with E-state index in [-0.39, 0.29) is 70.9 Å². The first-order valence-electron chi connectivity index (χ1n) is 0. The standard InChI is InChI=1S/3H2O.3O.V.Zn/h3*1H2;;;;;/q;;;3*-2;;+2/p-1. The Morgan fingerprint density at radius 1 is 0.625 bits per heavy atom. The SMILES string of the molecule is O.O.[O-2].[O-2].[O-2].[OH-].[V].[Zn+2]. The molecular formula is H5O6VZn-5. The van der Waals surface area contributed by atoms with Crippen molar-refractivity contribution < 1.29 is 70.9 Å². The molecular weight excluding hydrogens is 212 g/mol. The van der Waals surface area contributed by atoms with Crippen LogP contribution in [0.2, 0.25) is 0 Å². The van der Waals surface area contributed by atoms with Crippen LogP contribution in [0.3, 0.4) is 0 Å². The minimum absolute atomic E-state index is 0. The van der Waals surface area contributed by atoms with E-state index in [1.54, 1.807) is 0 Å². The van der Waals surface area contributed by atoms with Gasteiger partial charge in [-0.05, 0) is 0 Å². The molecule has 6 nitrogen and oxygen atoms in total. The fraction of sp³-hybridized carbons (Fsp3) is 0. The van der Waals surface area contributed by atoms with Gasteiger partial charge in [0.25, 0.3) is 0 Å². The van der Waals surface area contributed by atoms with Crippen LogP contribution in [0.15, 0.2) is 0 Å². The molecule has 0 aliphatic heterocycles. The van der Waals surface area contributed by atoms with Gasteiger partial charge in [0, 0.05) is 18.6 Å². The van der Waals surface area contributed by atoms with Gasteiger partial charge in [0.15, 0.2) is 0 Å². The zero-order valence-corrected chi connectivity index (χ0v) is 8.19. The zero-order valence-electron chi connectivity index (χ0n) is 3.83. The van der Waals surface area contributed by atoms with Crippen LogP contribution in [0.25, 0.3) is 0 Å². The van der Waals surface area contributed by atoms with Crippen LogP contribution >= 0.6 is 0 Å². The van der Waals surface area contributed by atoms with Gasteiger partial charge in [-0.3, -0.25) is 0 Å². The van der Waals surface area contributed by atoms with E-state index in [0.717, 1.165) is 0 Å². The summed E-state index contributed by atoms with van der Waals surface area (Å²) >= 11 is 0. The Morgan fingerprint density at radius 3 is 0.625 bits per heavy atom. The second-order valence-corrected chi connectivity index (χ2v) is 0.